The zero-order valence-corrected chi connectivity index (χ0v) is 17.8. The van der Waals surface area contributed by atoms with Gasteiger partial charge >= 0.3 is 18.3 Å². The van der Waals surface area contributed by atoms with E-state index in [1.807, 2.05) is 0 Å². The minimum absolute atomic E-state index is 0.0115. The number of sulfonamides is 1. The van der Waals surface area contributed by atoms with Crippen LogP contribution in [0.5, 0.6) is 5.75 Å². The lowest BCUT2D eigenvalue weighted by Gasteiger charge is -2.33. The van der Waals surface area contributed by atoms with Gasteiger partial charge in [-0.25, -0.2) is 8.42 Å². The van der Waals surface area contributed by atoms with E-state index in [0.29, 0.717) is 17.0 Å². The summed E-state index contributed by atoms with van der Waals surface area (Å²) in [7, 11) is -3.32. The number of halogens is 6. The van der Waals surface area contributed by atoms with Gasteiger partial charge in [0, 0.05) is 24.3 Å². The molecule has 2 aromatic carbocycles. The molecule has 0 bridgehead atoms. The van der Waals surface area contributed by atoms with Gasteiger partial charge in [-0.15, -0.1) is 0 Å². The molecular weight excluding hydrogens is 478 g/mol. The molecular formula is C20H18F6N2O4S. The Labute approximate surface area is 184 Å². The Balaban J connectivity index is 1.89. The highest BCUT2D eigenvalue weighted by Gasteiger charge is 2.44. The molecule has 0 heterocycles. The van der Waals surface area contributed by atoms with Gasteiger partial charge in [-0.3, -0.25) is 9.52 Å². The molecule has 13 heteroatoms. The molecule has 2 aromatic rings. The Morgan fingerprint density at radius 3 is 2.18 bits per heavy atom. The number of benzene rings is 2. The van der Waals surface area contributed by atoms with E-state index in [4.69, 9.17) is 0 Å². The maximum absolute atomic E-state index is 12.9. The quantitative estimate of drug-likeness (QED) is 0.625. The zero-order chi connectivity index (χ0) is 24.8. The Hall–Kier alpha value is -2.96. The van der Waals surface area contributed by atoms with E-state index in [-0.39, 0.29) is 46.7 Å². The normalized spacial score (nSPS) is 16.8. The third-order valence-electron chi connectivity index (χ3n) is 5.40. The smallest absolute Gasteiger partial charge is 0.471 e. The highest BCUT2D eigenvalue weighted by atomic mass is 32.2. The number of amides is 1. The van der Waals surface area contributed by atoms with Gasteiger partial charge in [0.2, 0.25) is 0 Å². The second-order valence-corrected chi connectivity index (χ2v) is 9.18. The Bertz CT molecular complexity index is 1160. The number of fused-ring (bicyclic) bond motifs is 1. The average molecular weight is 496 g/mol. The maximum atomic E-state index is 12.9. The maximum Gasteiger partial charge on any atom is 0.471 e. The van der Waals surface area contributed by atoms with Crippen molar-refractivity contribution >= 4 is 21.6 Å². The van der Waals surface area contributed by atoms with Gasteiger partial charge in [0.05, 0.1) is 10.5 Å². The number of carbonyl (C=O) groups excluding carboxylic acids is 1. The number of anilines is 1. The second kappa shape index (κ2) is 8.43. The molecule has 1 amide bonds. The largest absolute Gasteiger partial charge is 0.508 e. The highest BCUT2D eigenvalue weighted by Crippen LogP contribution is 2.37. The molecule has 0 aliphatic heterocycles. The third kappa shape index (κ3) is 5.18. The predicted octanol–water partition coefficient (Wildman–Crippen LogP) is 4.09. The fourth-order valence-corrected chi connectivity index (χ4v) is 5.05. The number of carbonyl (C=O) groups is 1. The first-order valence-corrected chi connectivity index (χ1v) is 11.0. The van der Waals surface area contributed by atoms with Crippen molar-refractivity contribution < 1.29 is 44.7 Å². The molecule has 6 nitrogen and oxygen atoms in total. The van der Waals surface area contributed by atoms with Crippen LogP contribution in [-0.2, 0) is 33.8 Å². The van der Waals surface area contributed by atoms with E-state index >= 15 is 0 Å². The Morgan fingerprint density at radius 2 is 1.64 bits per heavy atom. The molecule has 1 aliphatic carbocycles. The highest BCUT2D eigenvalue weighted by molar-refractivity contribution is 7.92. The van der Waals surface area contributed by atoms with Crippen LogP contribution in [0.3, 0.4) is 0 Å². The number of phenolic OH excluding ortho intramolecular Hbond substituents is 1. The summed E-state index contributed by atoms with van der Waals surface area (Å²) < 4.78 is 104. The van der Waals surface area contributed by atoms with Gasteiger partial charge in [-0.1, -0.05) is 0 Å². The molecule has 0 unspecified atom stereocenters. The molecule has 1 aliphatic rings. The van der Waals surface area contributed by atoms with Gasteiger partial charge in [-0.2, -0.15) is 26.3 Å². The first-order chi connectivity index (χ1) is 15.1. The first kappa shape index (κ1) is 24.7. The lowest BCUT2D eigenvalue weighted by atomic mass is 9.87. The van der Waals surface area contributed by atoms with E-state index < -0.39 is 39.9 Å². The summed E-state index contributed by atoms with van der Waals surface area (Å²) in [5.74, 6) is -2.39. The number of nitrogens with zero attached hydrogens (tertiary/aromatic N) is 1. The van der Waals surface area contributed by atoms with E-state index in [1.54, 1.807) is 0 Å². The summed E-state index contributed by atoms with van der Waals surface area (Å²) in [6, 6.07) is 4.56. The van der Waals surface area contributed by atoms with Crippen LogP contribution in [0.15, 0.2) is 41.3 Å². The molecule has 0 spiro atoms. The van der Waals surface area contributed by atoms with Crippen molar-refractivity contribution in [2.45, 2.75) is 42.6 Å². The third-order valence-corrected chi connectivity index (χ3v) is 6.86. The lowest BCUT2D eigenvalue weighted by Crippen LogP contribution is -2.46. The predicted molar refractivity (Wildman–Crippen MR) is 105 cm³/mol. The fourth-order valence-electron chi connectivity index (χ4n) is 3.70. The van der Waals surface area contributed by atoms with Crippen molar-refractivity contribution in [1.29, 1.82) is 0 Å². The molecule has 0 saturated heterocycles. The summed E-state index contributed by atoms with van der Waals surface area (Å²) >= 11 is 0. The molecule has 2 N–H and O–H groups in total. The number of phenols is 1. The summed E-state index contributed by atoms with van der Waals surface area (Å²) in [4.78, 5) is 11.8. The van der Waals surface area contributed by atoms with Crippen LogP contribution in [-0.4, -0.2) is 43.6 Å². The Kier molecular flexibility index (Phi) is 6.30. The number of nitrogens with one attached hydrogen (secondary N) is 1. The number of rotatable bonds is 4. The van der Waals surface area contributed by atoms with E-state index in [0.717, 1.165) is 31.3 Å². The van der Waals surface area contributed by atoms with Gasteiger partial charge in [0.15, 0.2) is 0 Å². The molecule has 1 atom stereocenters. The van der Waals surface area contributed by atoms with Crippen molar-refractivity contribution in [3.05, 3.63) is 53.1 Å². The fraction of sp³-hybridized carbons (Fsp3) is 0.350. The Morgan fingerprint density at radius 1 is 1.03 bits per heavy atom. The molecule has 3 rings (SSSR count). The number of alkyl halides is 6. The van der Waals surface area contributed by atoms with Crippen LogP contribution >= 0.6 is 0 Å². The number of aromatic hydroxyl groups is 1. The van der Waals surface area contributed by atoms with Gasteiger partial charge < -0.3 is 10.0 Å². The van der Waals surface area contributed by atoms with Crippen LogP contribution in [0.25, 0.3) is 0 Å². The lowest BCUT2D eigenvalue weighted by molar-refractivity contribution is -0.186. The summed E-state index contributed by atoms with van der Waals surface area (Å²) in [6.45, 7) is 0. The average Bonchev–Trinajstić information content (AvgIpc) is 2.71. The van der Waals surface area contributed by atoms with Crippen molar-refractivity contribution in [1.82, 2.24) is 4.90 Å². The van der Waals surface area contributed by atoms with Crippen molar-refractivity contribution in [3.63, 3.8) is 0 Å². The van der Waals surface area contributed by atoms with E-state index in [9.17, 15) is 44.7 Å². The van der Waals surface area contributed by atoms with Gasteiger partial charge in [0.25, 0.3) is 10.0 Å². The van der Waals surface area contributed by atoms with Gasteiger partial charge in [0.1, 0.15) is 5.75 Å². The van der Waals surface area contributed by atoms with Crippen molar-refractivity contribution in [2.24, 2.45) is 0 Å². The molecule has 33 heavy (non-hydrogen) atoms. The summed E-state index contributed by atoms with van der Waals surface area (Å²) in [5, 5.41) is 10.2. The first-order valence-electron chi connectivity index (χ1n) is 9.49. The number of likely N-dealkylation sites (N-methyl/N-ethyl adjacent to an activating group) is 1. The van der Waals surface area contributed by atoms with Crippen LogP contribution in [0, 0.1) is 0 Å². The molecule has 180 valence electrons. The molecule has 0 fully saturated rings. The van der Waals surface area contributed by atoms with Gasteiger partial charge in [-0.05, 0) is 61.2 Å². The van der Waals surface area contributed by atoms with E-state index in [1.165, 1.54) is 0 Å². The SMILES string of the molecule is CN(C(=O)C(F)(F)F)[C@H]1CCc2c(S(=O)(=O)Nc3ccc(C(F)(F)F)cc3)ccc(O)c2C1. The standard InChI is InChI=1S/C20H18F6N2O4S/c1-28(18(30)20(24,25)26)13-6-7-14-15(10-13)16(29)8-9-17(14)33(31,32)27-12-4-2-11(3-5-12)19(21,22)23/h2-5,8-9,13,27,29H,6-7,10H2,1H3/t13-/m0/s1. The minimum atomic E-state index is -5.08. The van der Waals surface area contributed by atoms with Crippen molar-refractivity contribution in [3.8, 4) is 5.75 Å². The topological polar surface area (TPSA) is 86.7 Å². The van der Waals surface area contributed by atoms with Crippen LogP contribution in [0.1, 0.15) is 23.1 Å². The van der Waals surface area contributed by atoms with Crippen LogP contribution < -0.4 is 4.72 Å². The minimum Gasteiger partial charge on any atom is -0.508 e. The molecule has 0 radical (unpaired) electrons. The van der Waals surface area contributed by atoms with Crippen molar-refractivity contribution in [2.75, 3.05) is 11.8 Å². The summed E-state index contributed by atoms with van der Waals surface area (Å²) in [6.07, 6.45) is -9.91. The number of hydrogen-bond acceptors (Lipinski definition) is 4. The number of hydrogen-bond donors (Lipinski definition) is 2. The molecule has 0 aromatic heterocycles. The monoisotopic (exact) mass is 496 g/mol. The zero-order valence-electron chi connectivity index (χ0n) is 17.0. The van der Waals surface area contributed by atoms with Crippen LogP contribution in [0.4, 0.5) is 32.0 Å². The van der Waals surface area contributed by atoms with Crippen LogP contribution in [0.2, 0.25) is 0 Å². The van der Waals surface area contributed by atoms with E-state index in [2.05, 4.69) is 4.72 Å². The molecule has 0 saturated carbocycles. The summed E-state index contributed by atoms with van der Waals surface area (Å²) in [5.41, 5.74) is -0.841. The second-order valence-electron chi connectivity index (χ2n) is 7.53.